The fourth-order valence-corrected chi connectivity index (χ4v) is 13.9. The van der Waals surface area contributed by atoms with Crippen molar-refractivity contribution in [2.75, 3.05) is 52.7 Å². The van der Waals surface area contributed by atoms with Gasteiger partial charge >= 0.3 is 0 Å². The SMILES string of the molecule is CCCCCC=CCC=CCCCCCCCCCCOCC(CN1CCCC1C)OCCOCCOC1CCC2(C)C(=CCC3C2CCC2(C)C3CCC2(N)C(C)CCCC(C)C)C1. The summed E-state index contributed by atoms with van der Waals surface area (Å²) < 4.78 is 25.3. The first-order valence-electron chi connectivity index (χ1n) is 28.4. The smallest absolute Gasteiger partial charge is 0.0936 e. The molecule has 6 nitrogen and oxygen atoms in total. The predicted octanol–water partition coefficient (Wildman–Crippen LogP) is 15.0. The number of ether oxygens (including phenoxy) is 4. The van der Waals surface area contributed by atoms with Crippen LogP contribution in [0.1, 0.15) is 222 Å². The Morgan fingerprint density at radius 2 is 1.45 bits per heavy atom. The Morgan fingerprint density at radius 3 is 2.17 bits per heavy atom. The van der Waals surface area contributed by atoms with E-state index in [0.29, 0.717) is 56.5 Å². The highest BCUT2D eigenvalue weighted by molar-refractivity contribution is 5.27. The van der Waals surface area contributed by atoms with E-state index in [9.17, 15) is 0 Å². The molecule has 65 heavy (non-hydrogen) atoms. The number of rotatable bonds is 34. The van der Waals surface area contributed by atoms with Gasteiger partial charge in [-0.05, 0) is 163 Å². The van der Waals surface area contributed by atoms with Crippen molar-refractivity contribution in [3.63, 3.8) is 0 Å². The van der Waals surface area contributed by atoms with Crippen molar-refractivity contribution < 1.29 is 18.9 Å². The molecule has 0 aromatic heterocycles. The van der Waals surface area contributed by atoms with Crippen LogP contribution in [0.2, 0.25) is 0 Å². The van der Waals surface area contributed by atoms with E-state index in [2.05, 4.69) is 83.7 Å². The lowest BCUT2D eigenvalue weighted by Crippen LogP contribution is -2.60. The Labute approximate surface area is 402 Å². The fraction of sp³-hybridized carbons (Fsp3) is 0.898. The molecule has 6 heteroatoms. The van der Waals surface area contributed by atoms with Gasteiger partial charge in [-0.15, -0.1) is 0 Å². The number of unbranched alkanes of at least 4 members (excludes halogenated alkanes) is 11. The van der Waals surface area contributed by atoms with Gasteiger partial charge in [-0.2, -0.15) is 0 Å². The van der Waals surface area contributed by atoms with E-state index in [0.717, 1.165) is 56.1 Å². The number of likely N-dealkylation sites (tertiary alicyclic amines) is 1. The van der Waals surface area contributed by atoms with Crippen LogP contribution >= 0.6 is 0 Å². The minimum Gasteiger partial charge on any atom is -0.379 e. The molecule has 376 valence electrons. The molecule has 0 radical (unpaired) electrons. The van der Waals surface area contributed by atoms with Gasteiger partial charge in [0.05, 0.1) is 45.2 Å². The largest absolute Gasteiger partial charge is 0.379 e. The lowest BCUT2D eigenvalue weighted by Gasteiger charge is -2.60. The summed E-state index contributed by atoms with van der Waals surface area (Å²) >= 11 is 0. The van der Waals surface area contributed by atoms with E-state index in [1.54, 1.807) is 5.57 Å². The van der Waals surface area contributed by atoms with Crippen molar-refractivity contribution in [3.8, 4) is 0 Å². The summed E-state index contributed by atoms with van der Waals surface area (Å²) in [6.45, 7) is 23.3. The Morgan fingerprint density at radius 1 is 0.738 bits per heavy atom. The second kappa shape index (κ2) is 29.2. The van der Waals surface area contributed by atoms with E-state index in [4.69, 9.17) is 24.7 Å². The maximum absolute atomic E-state index is 7.56. The lowest BCUT2D eigenvalue weighted by atomic mass is 9.46. The van der Waals surface area contributed by atoms with Crippen LogP contribution in [0.3, 0.4) is 0 Å². The van der Waals surface area contributed by atoms with E-state index in [-0.39, 0.29) is 17.1 Å². The Bertz CT molecular complexity index is 1380. The van der Waals surface area contributed by atoms with Gasteiger partial charge in [-0.3, -0.25) is 4.90 Å². The van der Waals surface area contributed by atoms with Crippen LogP contribution in [-0.4, -0.2) is 81.4 Å². The van der Waals surface area contributed by atoms with Crippen LogP contribution in [0.25, 0.3) is 0 Å². The molecular formula is C59H106N2O4. The molecular weight excluding hydrogens is 801 g/mol. The molecule has 4 fully saturated rings. The monoisotopic (exact) mass is 907 g/mol. The highest BCUT2D eigenvalue weighted by Crippen LogP contribution is 2.68. The van der Waals surface area contributed by atoms with E-state index >= 15 is 0 Å². The molecule has 1 aliphatic heterocycles. The minimum absolute atomic E-state index is 0.00478. The molecule has 5 rings (SSSR count). The summed E-state index contributed by atoms with van der Waals surface area (Å²) in [6.07, 6.45) is 47.2. The van der Waals surface area contributed by atoms with E-state index < -0.39 is 0 Å². The molecule has 10 atom stereocenters. The van der Waals surface area contributed by atoms with Crippen molar-refractivity contribution in [2.24, 2.45) is 46.2 Å². The summed E-state index contributed by atoms with van der Waals surface area (Å²) in [7, 11) is 0. The summed E-state index contributed by atoms with van der Waals surface area (Å²) in [6, 6.07) is 0.636. The summed E-state index contributed by atoms with van der Waals surface area (Å²) in [5.74, 6) is 3.77. The Hall–Kier alpha value is -1.02. The highest BCUT2D eigenvalue weighted by Gasteiger charge is 2.63. The molecule has 0 spiro atoms. The van der Waals surface area contributed by atoms with Gasteiger partial charge in [-0.25, -0.2) is 0 Å². The van der Waals surface area contributed by atoms with Gasteiger partial charge in [0.2, 0.25) is 0 Å². The standard InChI is InChI=1S/C59H106N2O4/c1-8-9-10-11-12-13-14-15-16-17-18-19-20-21-22-23-24-25-40-63-47-53(46-61-39-27-30-50(61)5)65-44-42-62-41-43-64-52-33-36-57(6)51(45-52)31-32-54-55(57)34-37-58(7)56(54)35-38-59(58,60)49(4)29-26-28-48(2)3/h12-13,15-16,31,48-50,52-56H,8-11,14,17-30,32-47,60H2,1-7H3. The molecule has 1 heterocycles. The van der Waals surface area contributed by atoms with E-state index in [1.807, 2.05) is 0 Å². The number of allylic oxidation sites excluding steroid dienone is 5. The van der Waals surface area contributed by atoms with Gasteiger partial charge < -0.3 is 24.7 Å². The number of hydrogen-bond donors (Lipinski definition) is 1. The van der Waals surface area contributed by atoms with Crippen LogP contribution in [0, 0.1) is 40.4 Å². The van der Waals surface area contributed by atoms with Crippen molar-refractivity contribution >= 4 is 0 Å². The Balaban J connectivity index is 0.907. The van der Waals surface area contributed by atoms with Gasteiger partial charge in [0.1, 0.15) is 0 Å². The van der Waals surface area contributed by atoms with Crippen molar-refractivity contribution in [1.29, 1.82) is 0 Å². The third kappa shape index (κ3) is 16.5. The minimum atomic E-state index is -0.00478. The van der Waals surface area contributed by atoms with Gasteiger partial charge in [0, 0.05) is 24.7 Å². The fourth-order valence-electron chi connectivity index (χ4n) is 13.9. The third-order valence-corrected chi connectivity index (χ3v) is 18.3. The molecule has 5 aliphatic rings. The zero-order valence-corrected chi connectivity index (χ0v) is 43.9. The molecule has 0 aromatic rings. The maximum atomic E-state index is 7.56. The average Bonchev–Trinajstić information content (AvgIpc) is 3.83. The van der Waals surface area contributed by atoms with Crippen LogP contribution in [0.5, 0.6) is 0 Å². The summed E-state index contributed by atoms with van der Waals surface area (Å²) in [4.78, 5) is 2.59. The number of hydrogen-bond acceptors (Lipinski definition) is 6. The molecule has 4 aliphatic carbocycles. The molecule has 0 aromatic carbocycles. The maximum Gasteiger partial charge on any atom is 0.0936 e. The molecule has 0 amide bonds. The molecule has 1 saturated heterocycles. The van der Waals surface area contributed by atoms with Crippen molar-refractivity contribution in [1.82, 2.24) is 4.90 Å². The zero-order valence-electron chi connectivity index (χ0n) is 43.9. The quantitative estimate of drug-likeness (QED) is 0.0513. The number of nitrogens with two attached hydrogens (primary N) is 1. The number of fused-ring (bicyclic) bond motifs is 5. The third-order valence-electron chi connectivity index (χ3n) is 18.3. The topological polar surface area (TPSA) is 66.2 Å². The molecule has 0 bridgehead atoms. The van der Waals surface area contributed by atoms with Crippen LogP contribution in [0.4, 0.5) is 0 Å². The normalized spacial score (nSPS) is 31.5. The van der Waals surface area contributed by atoms with Crippen molar-refractivity contribution in [2.45, 2.75) is 246 Å². The molecule has 3 saturated carbocycles. The highest BCUT2D eigenvalue weighted by atomic mass is 16.6. The summed E-state index contributed by atoms with van der Waals surface area (Å²) in [5, 5.41) is 0. The lowest BCUT2D eigenvalue weighted by molar-refractivity contribution is -0.0773. The molecule has 2 N–H and O–H groups in total. The van der Waals surface area contributed by atoms with Crippen LogP contribution < -0.4 is 5.73 Å². The second-order valence-corrected chi connectivity index (χ2v) is 23.2. The van der Waals surface area contributed by atoms with Crippen LogP contribution in [0.15, 0.2) is 36.0 Å². The second-order valence-electron chi connectivity index (χ2n) is 23.2. The Kier molecular flexibility index (Phi) is 24.7. The predicted molar refractivity (Wildman–Crippen MR) is 276 cm³/mol. The molecule has 10 unspecified atom stereocenters. The summed E-state index contributed by atoms with van der Waals surface area (Å²) in [5.41, 5.74) is 9.86. The van der Waals surface area contributed by atoms with Gasteiger partial charge in [0.25, 0.3) is 0 Å². The number of nitrogens with zero attached hydrogens (tertiary/aromatic N) is 1. The first-order valence-corrected chi connectivity index (χ1v) is 28.4. The van der Waals surface area contributed by atoms with E-state index in [1.165, 1.54) is 161 Å². The van der Waals surface area contributed by atoms with Crippen molar-refractivity contribution in [3.05, 3.63) is 36.0 Å². The van der Waals surface area contributed by atoms with Crippen LogP contribution in [-0.2, 0) is 18.9 Å². The first kappa shape index (κ1) is 54.9. The average molecular weight is 908 g/mol. The first-order chi connectivity index (χ1) is 31.5. The van der Waals surface area contributed by atoms with Gasteiger partial charge in [0.15, 0.2) is 0 Å². The van der Waals surface area contributed by atoms with Gasteiger partial charge in [-0.1, -0.05) is 142 Å². The zero-order chi connectivity index (χ0) is 46.4.